The van der Waals surface area contributed by atoms with Crippen LogP contribution < -0.4 is 0 Å². The molecule has 176 valence electrons. The number of hydrogen-bond acceptors (Lipinski definition) is 4. The Morgan fingerprint density at radius 3 is 2.03 bits per heavy atom. The van der Waals surface area contributed by atoms with Crippen molar-refractivity contribution in [2.45, 2.75) is 109 Å². The van der Waals surface area contributed by atoms with Gasteiger partial charge < -0.3 is 10.2 Å². The first-order valence-corrected chi connectivity index (χ1v) is 13.8. The highest BCUT2D eigenvalue weighted by Gasteiger charge is 2.63. The van der Waals surface area contributed by atoms with Crippen LogP contribution in [-0.2, 0) is 0 Å². The molecule has 4 saturated carbocycles. The third-order valence-corrected chi connectivity index (χ3v) is 11.9. The fraction of sp³-hybridized carbons (Fsp3) is 1.00. The van der Waals surface area contributed by atoms with E-state index in [1.54, 1.807) is 0 Å². The van der Waals surface area contributed by atoms with E-state index in [0.717, 1.165) is 18.3 Å². The molecule has 2 saturated heterocycles. The second kappa shape index (κ2) is 7.68. The number of rotatable bonds is 2. The Morgan fingerprint density at radius 2 is 1.35 bits per heavy atom. The van der Waals surface area contributed by atoms with Gasteiger partial charge in [0.2, 0.25) is 0 Å². The van der Waals surface area contributed by atoms with Crippen LogP contribution in [0.2, 0.25) is 0 Å². The average Bonchev–Trinajstić information content (AvgIpc) is 3.50. The highest BCUT2D eigenvalue weighted by Crippen LogP contribution is 2.66. The molecule has 10 atom stereocenters. The van der Waals surface area contributed by atoms with Crippen molar-refractivity contribution in [1.82, 2.24) is 9.80 Å². The van der Waals surface area contributed by atoms with E-state index in [2.05, 4.69) is 23.6 Å². The number of hydrogen-bond donors (Lipinski definition) is 2. The summed E-state index contributed by atoms with van der Waals surface area (Å²) >= 11 is 0. The van der Waals surface area contributed by atoms with Crippen LogP contribution >= 0.6 is 0 Å². The van der Waals surface area contributed by atoms with Crippen LogP contribution in [0.3, 0.4) is 0 Å². The molecule has 31 heavy (non-hydrogen) atoms. The highest BCUT2D eigenvalue weighted by molar-refractivity contribution is 5.14. The van der Waals surface area contributed by atoms with E-state index in [1.807, 2.05) is 0 Å². The zero-order valence-corrected chi connectivity index (χ0v) is 20.0. The van der Waals surface area contributed by atoms with Crippen LogP contribution in [0.1, 0.15) is 84.5 Å². The van der Waals surface area contributed by atoms with Crippen molar-refractivity contribution >= 4 is 0 Å². The minimum Gasteiger partial charge on any atom is -0.391 e. The molecule has 4 aliphatic carbocycles. The second-order valence-corrected chi connectivity index (χ2v) is 13.0. The first-order chi connectivity index (χ1) is 14.9. The van der Waals surface area contributed by atoms with Crippen molar-refractivity contribution in [3.8, 4) is 0 Å². The molecule has 6 fully saturated rings. The van der Waals surface area contributed by atoms with Gasteiger partial charge in [-0.1, -0.05) is 13.8 Å². The minimum atomic E-state index is -0.132. The zero-order valence-electron chi connectivity index (χ0n) is 20.0. The largest absolute Gasteiger partial charge is 0.391 e. The van der Waals surface area contributed by atoms with Gasteiger partial charge in [0.15, 0.2) is 0 Å². The molecule has 0 spiro atoms. The van der Waals surface area contributed by atoms with Crippen molar-refractivity contribution < 1.29 is 10.2 Å². The molecule has 0 aromatic carbocycles. The topological polar surface area (TPSA) is 46.9 Å². The lowest BCUT2D eigenvalue weighted by atomic mass is 9.44. The van der Waals surface area contributed by atoms with Gasteiger partial charge in [-0.25, -0.2) is 0 Å². The first kappa shape index (κ1) is 21.4. The Labute approximate surface area is 189 Å². The maximum absolute atomic E-state index is 11.5. The van der Waals surface area contributed by atoms with Crippen LogP contribution in [0.5, 0.6) is 0 Å². The van der Waals surface area contributed by atoms with E-state index in [4.69, 9.17) is 0 Å². The summed E-state index contributed by atoms with van der Waals surface area (Å²) in [5.41, 5.74) is 0.508. The van der Waals surface area contributed by atoms with Gasteiger partial charge in [0.05, 0.1) is 12.2 Å². The Kier molecular flexibility index (Phi) is 5.30. The third kappa shape index (κ3) is 3.14. The van der Waals surface area contributed by atoms with Crippen molar-refractivity contribution in [2.75, 3.05) is 26.2 Å². The molecule has 0 aromatic rings. The van der Waals surface area contributed by atoms with Crippen molar-refractivity contribution in [1.29, 1.82) is 0 Å². The summed E-state index contributed by atoms with van der Waals surface area (Å²) in [6.07, 6.45) is 13.6. The second-order valence-electron chi connectivity index (χ2n) is 13.0. The molecule has 2 aliphatic heterocycles. The summed E-state index contributed by atoms with van der Waals surface area (Å²) in [5.74, 6) is 2.98. The number of likely N-dealkylation sites (tertiary alicyclic amines) is 2. The van der Waals surface area contributed by atoms with Gasteiger partial charge in [0.25, 0.3) is 0 Å². The summed E-state index contributed by atoms with van der Waals surface area (Å²) in [5, 5.41) is 22.6. The number of aliphatic hydroxyl groups is 2. The van der Waals surface area contributed by atoms with Gasteiger partial charge in [-0.05, 0) is 131 Å². The van der Waals surface area contributed by atoms with E-state index in [-0.39, 0.29) is 17.6 Å². The molecule has 2 N–H and O–H groups in total. The maximum Gasteiger partial charge on any atom is 0.0751 e. The van der Waals surface area contributed by atoms with Gasteiger partial charge in [0, 0.05) is 12.1 Å². The number of nitrogens with zero attached hydrogens (tertiary/aromatic N) is 2. The summed E-state index contributed by atoms with van der Waals surface area (Å²) in [7, 11) is 0. The number of aliphatic hydroxyl groups excluding tert-OH is 2. The predicted octanol–water partition coefficient (Wildman–Crippen LogP) is 3.90. The smallest absolute Gasteiger partial charge is 0.0751 e. The lowest BCUT2D eigenvalue weighted by Gasteiger charge is -2.62. The standard InChI is InChI=1S/C27H46N2O2/c1-26-10-9-20-19(21(26)16-22(25(26)31)28-11-3-4-12-28)8-7-18-15-24(30)23(17-27(18,20)2)29-13-5-6-14-29/h18-25,30-31H,3-17H2,1-2H3/t18?,19?,20?,21?,22?,23-,24-,25-,26-,27-/m0/s1. The molecule has 5 unspecified atom stereocenters. The number of fused-ring (bicyclic) bond motifs is 5. The Morgan fingerprint density at radius 1 is 0.710 bits per heavy atom. The van der Waals surface area contributed by atoms with Crippen LogP contribution in [0.25, 0.3) is 0 Å². The van der Waals surface area contributed by atoms with Gasteiger partial charge in [0.1, 0.15) is 0 Å². The van der Waals surface area contributed by atoms with Crippen LogP contribution in [-0.4, -0.2) is 70.5 Å². The molecule has 0 aromatic heterocycles. The van der Waals surface area contributed by atoms with Crippen LogP contribution in [0, 0.1) is 34.5 Å². The highest BCUT2D eigenvalue weighted by atomic mass is 16.3. The molecule has 6 rings (SSSR count). The first-order valence-electron chi connectivity index (χ1n) is 13.8. The molecule has 0 amide bonds. The quantitative estimate of drug-likeness (QED) is 0.698. The Hall–Kier alpha value is -0.160. The van der Waals surface area contributed by atoms with E-state index in [1.165, 1.54) is 90.4 Å². The van der Waals surface area contributed by atoms with Gasteiger partial charge in [-0.3, -0.25) is 9.80 Å². The van der Waals surface area contributed by atoms with Crippen molar-refractivity contribution in [2.24, 2.45) is 34.5 Å². The maximum atomic E-state index is 11.5. The Bertz CT molecular complexity index is 674. The lowest BCUT2D eigenvalue weighted by Crippen LogP contribution is -2.59. The third-order valence-electron chi connectivity index (χ3n) is 11.9. The normalized spacial score (nSPS) is 55.7. The molecular weight excluding hydrogens is 384 g/mol. The fourth-order valence-corrected chi connectivity index (χ4v) is 10.1. The SMILES string of the molecule is C[C@]12C[C@H](N3CCCC3)[C@@H](O)CC1CCC1C2CC[C@@]2(C)C1CC(N1CCCC1)[C@@H]2O. The predicted molar refractivity (Wildman–Crippen MR) is 124 cm³/mol. The van der Waals surface area contributed by atoms with Gasteiger partial charge in [-0.2, -0.15) is 0 Å². The molecule has 4 nitrogen and oxygen atoms in total. The van der Waals surface area contributed by atoms with Crippen molar-refractivity contribution in [3.63, 3.8) is 0 Å². The van der Waals surface area contributed by atoms with Crippen LogP contribution in [0.15, 0.2) is 0 Å². The average molecular weight is 431 g/mol. The van der Waals surface area contributed by atoms with Crippen LogP contribution in [0.4, 0.5) is 0 Å². The van der Waals surface area contributed by atoms with Gasteiger partial charge >= 0.3 is 0 Å². The minimum absolute atomic E-state index is 0.116. The molecule has 6 aliphatic rings. The van der Waals surface area contributed by atoms with E-state index in [0.29, 0.717) is 29.3 Å². The van der Waals surface area contributed by atoms with E-state index >= 15 is 0 Å². The Balaban J connectivity index is 1.26. The summed E-state index contributed by atoms with van der Waals surface area (Å²) < 4.78 is 0. The lowest BCUT2D eigenvalue weighted by molar-refractivity contribution is -0.152. The van der Waals surface area contributed by atoms with Crippen molar-refractivity contribution in [3.05, 3.63) is 0 Å². The van der Waals surface area contributed by atoms with E-state index in [9.17, 15) is 10.2 Å². The monoisotopic (exact) mass is 430 g/mol. The molecule has 2 heterocycles. The van der Waals surface area contributed by atoms with Gasteiger partial charge in [-0.15, -0.1) is 0 Å². The molecule has 0 radical (unpaired) electrons. The zero-order chi connectivity index (χ0) is 21.4. The summed E-state index contributed by atoms with van der Waals surface area (Å²) in [6.45, 7) is 9.86. The molecular formula is C27H46N2O2. The van der Waals surface area contributed by atoms with E-state index < -0.39 is 0 Å². The summed E-state index contributed by atoms with van der Waals surface area (Å²) in [4.78, 5) is 5.27. The molecule has 0 bridgehead atoms. The fourth-order valence-electron chi connectivity index (χ4n) is 10.1. The summed E-state index contributed by atoms with van der Waals surface area (Å²) in [6, 6.07) is 0.801. The molecule has 4 heteroatoms.